The second kappa shape index (κ2) is 13.7. The van der Waals surface area contributed by atoms with Gasteiger partial charge in [0.1, 0.15) is 11.8 Å². The van der Waals surface area contributed by atoms with Crippen LogP contribution in [0.5, 0.6) is 23.0 Å². The van der Waals surface area contributed by atoms with E-state index in [0.29, 0.717) is 35.7 Å². The zero-order valence-electron chi connectivity index (χ0n) is 21.6. The van der Waals surface area contributed by atoms with Gasteiger partial charge in [-0.05, 0) is 74.0 Å². The highest BCUT2D eigenvalue weighted by Gasteiger charge is 2.30. The molecule has 1 aliphatic heterocycles. The molecule has 0 bridgehead atoms. The minimum atomic E-state index is -0.651. The molecule has 2 aromatic rings. The molecule has 0 spiro atoms. The van der Waals surface area contributed by atoms with Crippen LogP contribution in [0.3, 0.4) is 0 Å². The molecule has 0 saturated carbocycles. The van der Waals surface area contributed by atoms with Crippen molar-refractivity contribution in [2.75, 3.05) is 35.0 Å². The van der Waals surface area contributed by atoms with Crippen LogP contribution in [0, 0.1) is 0 Å². The van der Waals surface area contributed by atoms with Gasteiger partial charge < -0.3 is 29.0 Å². The predicted molar refractivity (Wildman–Crippen MR) is 136 cm³/mol. The highest BCUT2D eigenvalue weighted by atomic mass is 16.6. The lowest BCUT2D eigenvalue weighted by atomic mass is 9.92. The number of aryl methyl sites for hydroxylation is 1. The quantitative estimate of drug-likeness (QED) is 0.261. The summed E-state index contributed by atoms with van der Waals surface area (Å²) >= 11 is 0. The van der Waals surface area contributed by atoms with Gasteiger partial charge in [-0.15, -0.1) is 0 Å². The van der Waals surface area contributed by atoms with E-state index in [1.165, 1.54) is 26.9 Å². The number of ether oxygens (including phenoxy) is 5. The van der Waals surface area contributed by atoms with Crippen molar-refractivity contribution in [1.29, 1.82) is 0 Å². The summed E-state index contributed by atoms with van der Waals surface area (Å²) in [5, 5.41) is 3.14. The number of carbonyl (C=O) groups excluding carboxylic acids is 2. The molecule has 8 heteroatoms. The standard InChI is InChI=1S/C28H37NO7/c1-32-21-14-12-19(13-15-21)9-5-6-10-22(27(30)36-28(31)23-11-7-8-16-29-23)20-17-24(33-2)26(35-4)25(18-20)34-3/h12-15,17-18,22-23,29H,5-11,16H2,1-4H3/t22-,23?/m0/s1. The van der Waals surface area contributed by atoms with Gasteiger partial charge in [-0.1, -0.05) is 25.0 Å². The Morgan fingerprint density at radius 3 is 2.17 bits per heavy atom. The first-order valence-corrected chi connectivity index (χ1v) is 12.4. The monoisotopic (exact) mass is 499 g/mol. The van der Waals surface area contributed by atoms with Crippen LogP contribution in [0.4, 0.5) is 0 Å². The van der Waals surface area contributed by atoms with E-state index in [4.69, 9.17) is 23.7 Å². The number of methoxy groups -OCH3 is 4. The molecule has 3 rings (SSSR count). The summed E-state index contributed by atoms with van der Waals surface area (Å²) in [4.78, 5) is 26.0. The van der Waals surface area contributed by atoms with E-state index >= 15 is 0 Å². The molecule has 196 valence electrons. The van der Waals surface area contributed by atoms with E-state index in [1.54, 1.807) is 19.2 Å². The molecule has 8 nitrogen and oxygen atoms in total. The molecule has 1 fully saturated rings. The maximum atomic E-state index is 13.3. The number of nitrogens with one attached hydrogen (secondary N) is 1. The Labute approximate surface area is 213 Å². The molecule has 0 radical (unpaired) electrons. The van der Waals surface area contributed by atoms with E-state index in [0.717, 1.165) is 44.4 Å². The number of carbonyl (C=O) groups is 2. The molecule has 1 saturated heterocycles. The Hall–Kier alpha value is -3.26. The Kier molecular flexibility index (Phi) is 10.4. The molecular formula is C28H37NO7. The molecule has 1 N–H and O–H groups in total. The van der Waals surface area contributed by atoms with E-state index in [1.807, 2.05) is 24.3 Å². The van der Waals surface area contributed by atoms with Crippen molar-refractivity contribution in [2.24, 2.45) is 0 Å². The third-order valence-corrected chi connectivity index (χ3v) is 6.54. The highest BCUT2D eigenvalue weighted by Crippen LogP contribution is 2.41. The first-order chi connectivity index (χ1) is 17.5. The summed E-state index contributed by atoms with van der Waals surface area (Å²) in [7, 11) is 6.23. The Morgan fingerprint density at radius 2 is 1.61 bits per heavy atom. The first-order valence-electron chi connectivity index (χ1n) is 12.4. The number of piperidine rings is 1. The molecule has 1 heterocycles. The summed E-state index contributed by atoms with van der Waals surface area (Å²) < 4.78 is 27.0. The van der Waals surface area contributed by atoms with Gasteiger partial charge in [0.05, 0.1) is 34.4 Å². The summed E-state index contributed by atoms with van der Waals surface area (Å²) in [5.74, 6) is 0.425. The molecule has 1 aliphatic rings. The fourth-order valence-electron chi connectivity index (χ4n) is 4.49. The zero-order chi connectivity index (χ0) is 25.9. The Morgan fingerprint density at radius 1 is 0.917 bits per heavy atom. The van der Waals surface area contributed by atoms with Crippen molar-refractivity contribution in [1.82, 2.24) is 5.32 Å². The fourth-order valence-corrected chi connectivity index (χ4v) is 4.49. The van der Waals surface area contributed by atoms with Crippen molar-refractivity contribution >= 4 is 11.9 Å². The first kappa shape index (κ1) is 27.3. The van der Waals surface area contributed by atoms with Gasteiger partial charge in [0.2, 0.25) is 5.75 Å². The van der Waals surface area contributed by atoms with Crippen molar-refractivity contribution in [3.05, 3.63) is 47.5 Å². The minimum absolute atomic E-state index is 0.442. The third-order valence-electron chi connectivity index (χ3n) is 6.54. The predicted octanol–water partition coefficient (Wildman–Crippen LogP) is 4.43. The molecule has 2 aromatic carbocycles. The molecule has 2 atom stereocenters. The lowest BCUT2D eigenvalue weighted by Gasteiger charge is -2.23. The second-order valence-corrected chi connectivity index (χ2v) is 8.85. The smallest absolute Gasteiger partial charge is 0.330 e. The molecule has 1 unspecified atom stereocenters. The number of esters is 2. The van der Waals surface area contributed by atoms with Gasteiger partial charge in [0.25, 0.3) is 0 Å². The van der Waals surface area contributed by atoms with Crippen LogP contribution in [0.2, 0.25) is 0 Å². The highest BCUT2D eigenvalue weighted by molar-refractivity contribution is 5.92. The summed E-state index contributed by atoms with van der Waals surface area (Å²) in [6.07, 6.45) is 5.63. The van der Waals surface area contributed by atoms with Crippen molar-refractivity contribution in [3.8, 4) is 23.0 Å². The molecular weight excluding hydrogens is 462 g/mol. The lowest BCUT2D eigenvalue weighted by molar-refractivity contribution is -0.162. The van der Waals surface area contributed by atoms with E-state index < -0.39 is 23.9 Å². The van der Waals surface area contributed by atoms with Gasteiger partial charge in [-0.2, -0.15) is 0 Å². The molecule has 0 aromatic heterocycles. The number of rotatable bonds is 12. The van der Waals surface area contributed by atoms with Crippen LogP contribution < -0.4 is 24.3 Å². The van der Waals surface area contributed by atoms with Crippen LogP contribution in [0.1, 0.15) is 55.6 Å². The minimum Gasteiger partial charge on any atom is -0.497 e. The lowest BCUT2D eigenvalue weighted by Crippen LogP contribution is -2.42. The van der Waals surface area contributed by atoms with Gasteiger partial charge >= 0.3 is 11.9 Å². The molecule has 0 aliphatic carbocycles. The van der Waals surface area contributed by atoms with Crippen LogP contribution in [0.15, 0.2) is 36.4 Å². The largest absolute Gasteiger partial charge is 0.497 e. The zero-order valence-corrected chi connectivity index (χ0v) is 21.6. The normalized spacial score (nSPS) is 16.1. The summed E-state index contributed by atoms with van der Waals surface area (Å²) in [6.45, 7) is 0.746. The van der Waals surface area contributed by atoms with Crippen LogP contribution in [0.25, 0.3) is 0 Å². The fraction of sp³-hybridized carbons (Fsp3) is 0.500. The molecule has 0 amide bonds. The van der Waals surface area contributed by atoms with E-state index in [2.05, 4.69) is 5.32 Å². The summed E-state index contributed by atoms with van der Waals surface area (Å²) in [6, 6.07) is 11.0. The van der Waals surface area contributed by atoms with E-state index in [9.17, 15) is 9.59 Å². The number of unbranched alkanes of at least 4 members (excludes halogenated alkanes) is 1. The van der Waals surface area contributed by atoms with Crippen LogP contribution in [-0.4, -0.2) is 53.0 Å². The van der Waals surface area contributed by atoms with Crippen molar-refractivity contribution in [2.45, 2.75) is 56.9 Å². The Balaban J connectivity index is 1.75. The van der Waals surface area contributed by atoms with Crippen LogP contribution in [-0.2, 0) is 20.7 Å². The average molecular weight is 500 g/mol. The van der Waals surface area contributed by atoms with Gasteiger partial charge in [-0.3, -0.25) is 4.79 Å². The second-order valence-electron chi connectivity index (χ2n) is 8.85. The maximum Gasteiger partial charge on any atom is 0.330 e. The summed E-state index contributed by atoms with van der Waals surface area (Å²) in [5.41, 5.74) is 1.85. The van der Waals surface area contributed by atoms with Gasteiger partial charge in [-0.25, -0.2) is 4.79 Å². The van der Waals surface area contributed by atoms with Crippen molar-refractivity contribution < 1.29 is 33.3 Å². The number of hydrogen-bond acceptors (Lipinski definition) is 8. The van der Waals surface area contributed by atoms with Crippen molar-refractivity contribution in [3.63, 3.8) is 0 Å². The maximum absolute atomic E-state index is 13.3. The molecule has 36 heavy (non-hydrogen) atoms. The topological polar surface area (TPSA) is 92.3 Å². The average Bonchev–Trinajstić information content (AvgIpc) is 2.92. The van der Waals surface area contributed by atoms with Gasteiger partial charge in [0, 0.05) is 0 Å². The van der Waals surface area contributed by atoms with E-state index in [-0.39, 0.29) is 0 Å². The third kappa shape index (κ3) is 7.13. The Bertz CT molecular complexity index is 974. The van der Waals surface area contributed by atoms with Gasteiger partial charge in [0.15, 0.2) is 11.5 Å². The number of hydrogen-bond donors (Lipinski definition) is 1. The van der Waals surface area contributed by atoms with Crippen LogP contribution >= 0.6 is 0 Å². The SMILES string of the molecule is COc1ccc(CCCC[C@H](C(=O)OC(=O)C2CCCCN2)c2cc(OC)c(OC)c(OC)c2)cc1. The number of benzene rings is 2.